The predicted octanol–water partition coefficient (Wildman–Crippen LogP) is 4.23. The Kier molecular flexibility index (Phi) is 4.89. The Hall–Kier alpha value is -3.41. The molecule has 6 heteroatoms. The van der Waals surface area contributed by atoms with Crippen molar-refractivity contribution in [1.82, 2.24) is 4.98 Å². The summed E-state index contributed by atoms with van der Waals surface area (Å²) in [5.74, 6) is 0.426. The maximum atomic E-state index is 12.9. The second-order valence-electron chi connectivity index (χ2n) is 5.25. The van der Waals surface area contributed by atoms with Gasteiger partial charge in [-0.05, 0) is 48.5 Å². The van der Waals surface area contributed by atoms with Crippen LogP contribution in [0, 0.1) is 5.82 Å². The van der Waals surface area contributed by atoms with E-state index >= 15 is 0 Å². The minimum atomic E-state index is -0.386. The standard InChI is InChI=1S/C19H16FN3O2/c1-25-17-4-2-3-15(11-17)22-16-9-10-18(21-12-16)23-19(24)13-5-7-14(20)8-6-13/h2-12,22H,1H3,(H,21,23,24). The van der Waals surface area contributed by atoms with Gasteiger partial charge >= 0.3 is 0 Å². The van der Waals surface area contributed by atoms with Crippen LogP contribution in [0.4, 0.5) is 21.6 Å². The van der Waals surface area contributed by atoms with Gasteiger partial charge in [-0.25, -0.2) is 9.37 Å². The zero-order valence-electron chi connectivity index (χ0n) is 13.5. The number of carbonyl (C=O) groups excluding carboxylic acids is 1. The molecule has 2 aromatic carbocycles. The van der Waals surface area contributed by atoms with Crippen LogP contribution >= 0.6 is 0 Å². The molecule has 3 aromatic rings. The summed E-state index contributed by atoms with van der Waals surface area (Å²) < 4.78 is 18.1. The highest BCUT2D eigenvalue weighted by atomic mass is 19.1. The Labute approximate surface area is 144 Å². The molecule has 0 bridgehead atoms. The molecule has 2 N–H and O–H groups in total. The van der Waals surface area contributed by atoms with Crippen LogP contribution in [0.2, 0.25) is 0 Å². The molecule has 1 aromatic heterocycles. The van der Waals surface area contributed by atoms with E-state index in [1.165, 1.54) is 24.3 Å². The Morgan fingerprint density at radius 1 is 1.04 bits per heavy atom. The largest absolute Gasteiger partial charge is 0.497 e. The molecule has 0 unspecified atom stereocenters. The third-order valence-electron chi connectivity index (χ3n) is 3.47. The van der Waals surface area contributed by atoms with Crippen molar-refractivity contribution in [2.45, 2.75) is 0 Å². The lowest BCUT2D eigenvalue weighted by atomic mass is 10.2. The number of methoxy groups -OCH3 is 1. The molecule has 5 nitrogen and oxygen atoms in total. The monoisotopic (exact) mass is 337 g/mol. The molecule has 0 aliphatic rings. The lowest BCUT2D eigenvalue weighted by molar-refractivity contribution is 0.102. The first kappa shape index (κ1) is 16.4. The summed E-state index contributed by atoms with van der Waals surface area (Å²) in [6.07, 6.45) is 1.61. The van der Waals surface area contributed by atoms with Gasteiger partial charge < -0.3 is 15.4 Å². The number of amides is 1. The zero-order valence-corrected chi connectivity index (χ0v) is 13.5. The molecule has 1 heterocycles. The second-order valence-corrected chi connectivity index (χ2v) is 5.25. The van der Waals surface area contributed by atoms with Gasteiger partial charge in [0, 0.05) is 17.3 Å². The number of carbonyl (C=O) groups is 1. The van der Waals surface area contributed by atoms with Crippen LogP contribution in [0.25, 0.3) is 0 Å². The number of benzene rings is 2. The number of nitrogens with zero attached hydrogens (tertiary/aromatic N) is 1. The highest BCUT2D eigenvalue weighted by molar-refractivity contribution is 6.03. The molecule has 0 spiro atoms. The highest BCUT2D eigenvalue weighted by Crippen LogP contribution is 2.21. The van der Waals surface area contributed by atoms with Gasteiger partial charge in [-0.15, -0.1) is 0 Å². The number of hydrogen-bond acceptors (Lipinski definition) is 4. The number of rotatable bonds is 5. The third kappa shape index (κ3) is 4.32. The van der Waals surface area contributed by atoms with Gasteiger partial charge in [0.2, 0.25) is 0 Å². The summed E-state index contributed by atoms with van der Waals surface area (Å²) in [7, 11) is 1.61. The first-order valence-corrected chi connectivity index (χ1v) is 7.58. The van der Waals surface area contributed by atoms with E-state index in [0.717, 1.165) is 17.1 Å². The quantitative estimate of drug-likeness (QED) is 0.731. The fourth-order valence-electron chi connectivity index (χ4n) is 2.20. The van der Waals surface area contributed by atoms with Crippen molar-refractivity contribution in [1.29, 1.82) is 0 Å². The van der Waals surface area contributed by atoms with Crippen LogP contribution in [0.1, 0.15) is 10.4 Å². The summed E-state index contributed by atoms with van der Waals surface area (Å²) in [4.78, 5) is 16.3. The molecule has 0 fully saturated rings. The van der Waals surface area contributed by atoms with Crippen molar-refractivity contribution in [2.24, 2.45) is 0 Å². The Balaban J connectivity index is 1.65. The number of halogens is 1. The van der Waals surface area contributed by atoms with Crippen LogP contribution in [-0.4, -0.2) is 18.0 Å². The number of ether oxygens (including phenoxy) is 1. The van der Waals surface area contributed by atoms with Gasteiger partial charge in [0.1, 0.15) is 17.4 Å². The van der Waals surface area contributed by atoms with Crippen LogP contribution in [0.3, 0.4) is 0 Å². The van der Waals surface area contributed by atoms with Crippen LogP contribution in [-0.2, 0) is 0 Å². The van der Waals surface area contributed by atoms with E-state index in [4.69, 9.17) is 4.74 Å². The van der Waals surface area contributed by atoms with E-state index < -0.39 is 0 Å². The summed E-state index contributed by atoms with van der Waals surface area (Å²) in [5.41, 5.74) is 2.00. The lowest BCUT2D eigenvalue weighted by Gasteiger charge is -2.09. The summed E-state index contributed by atoms with van der Waals surface area (Å²) in [6, 6.07) is 16.3. The van der Waals surface area contributed by atoms with Crippen molar-refractivity contribution in [3.8, 4) is 5.75 Å². The Bertz CT molecular complexity index is 865. The van der Waals surface area contributed by atoms with Gasteiger partial charge in [-0.1, -0.05) is 6.07 Å². The Morgan fingerprint density at radius 3 is 2.52 bits per heavy atom. The second kappa shape index (κ2) is 7.44. The lowest BCUT2D eigenvalue weighted by Crippen LogP contribution is -2.12. The van der Waals surface area contributed by atoms with E-state index in [-0.39, 0.29) is 11.7 Å². The fourth-order valence-corrected chi connectivity index (χ4v) is 2.20. The topological polar surface area (TPSA) is 63.2 Å². The molecule has 0 saturated carbocycles. The molecule has 0 saturated heterocycles. The molecule has 126 valence electrons. The van der Waals surface area contributed by atoms with E-state index in [2.05, 4.69) is 15.6 Å². The number of hydrogen-bond donors (Lipinski definition) is 2. The van der Waals surface area contributed by atoms with Crippen molar-refractivity contribution in [3.05, 3.63) is 78.2 Å². The maximum absolute atomic E-state index is 12.9. The number of nitrogens with one attached hydrogen (secondary N) is 2. The van der Waals surface area contributed by atoms with Crippen molar-refractivity contribution in [3.63, 3.8) is 0 Å². The van der Waals surface area contributed by atoms with E-state index in [9.17, 15) is 9.18 Å². The van der Waals surface area contributed by atoms with Crippen molar-refractivity contribution in [2.75, 3.05) is 17.7 Å². The molecular formula is C19H16FN3O2. The van der Waals surface area contributed by atoms with Crippen molar-refractivity contribution < 1.29 is 13.9 Å². The average Bonchev–Trinajstić information content (AvgIpc) is 2.64. The SMILES string of the molecule is COc1cccc(Nc2ccc(NC(=O)c3ccc(F)cc3)nc2)c1. The zero-order chi connectivity index (χ0) is 17.6. The highest BCUT2D eigenvalue weighted by Gasteiger charge is 2.07. The van der Waals surface area contributed by atoms with E-state index in [1.807, 2.05) is 24.3 Å². The van der Waals surface area contributed by atoms with E-state index in [0.29, 0.717) is 11.4 Å². The summed E-state index contributed by atoms with van der Waals surface area (Å²) >= 11 is 0. The normalized spacial score (nSPS) is 10.2. The molecule has 25 heavy (non-hydrogen) atoms. The number of anilines is 3. The predicted molar refractivity (Wildman–Crippen MR) is 94.9 cm³/mol. The molecule has 0 atom stereocenters. The molecular weight excluding hydrogens is 321 g/mol. The van der Waals surface area contributed by atoms with Gasteiger partial charge in [0.05, 0.1) is 19.0 Å². The summed E-state index contributed by atoms with van der Waals surface area (Å²) in [6.45, 7) is 0. The van der Waals surface area contributed by atoms with Crippen LogP contribution in [0.15, 0.2) is 66.9 Å². The third-order valence-corrected chi connectivity index (χ3v) is 3.47. The van der Waals surface area contributed by atoms with Crippen LogP contribution in [0.5, 0.6) is 5.75 Å². The first-order chi connectivity index (χ1) is 12.1. The average molecular weight is 337 g/mol. The smallest absolute Gasteiger partial charge is 0.256 e. The van der Waals surface area contributed by atoms with Gasteiger partial charge in [-0.3, -0.25) is 4.79 Å². The maximum Gasteiger partial charge on any atom is 0.256 e. The van der Waals surface area contributed by atoms with Gasteiger partial charge in [-0.2, -0.15) is 0 Å². The van der Waals surface area contributed by atoms with Gasteiger partial charge in [0.15, 0.2) is 0 Å². The molecule has 0 aliphatic heterocycles. The minimum Gasteiger partial charge on any atom is -0.497 e. The summed E-state index contributed by atoms with van der Waals surface area (Å²) in [5, 5.41) is 5.87. The Morgan fingerprint density at radius 2 is 1.84 bits per heavy atom. The molecule has 3 rings (SSSR count). The molecule has 1 amide bonds. The van der Waals surface area contributed by atoms with Crippen molar-refractivity contribution >= 4 is 23.1 Å². The number of pyridine rings is 1. The molecule has 0 aliphatic carbocycles. The van der Waals surface area contributed by atoms with E-state index in [1.54, 1.807) is 25.4 Å². The fraction of sp³-hybridized carbons (Fsp3) is 0.0526. The van der Waals surface area contributed by atoms with Gasteiger partial charge in [0.25, 0.3) is 5.91 Å². The minimum absolute atomic E-state index is 0.346. The molecule has 0 radical (unpaired) electrons. The van der Waals surface area contributed by atoms with Crippen LogP contribution < -0.4 is 15.4 Å². The number of aromatic nitrogens is 1. The first-order valence-electron chi connectivity index (χ1n) is 7.58.